The Morgan fingerprint density at radius 1 is 0.480 bits per heavy atom. The standard InChI is InChI=1S/C24H23F3N2O3.C24H17F3N2O2.C24H19F3N2O.C22H23F2N3O3/c1-17-7-5-6-8-19(17)14-29(15-20(30)16-32-21-9-3-2-4-10-21)23(31)18-11-12-22(28-13-18)24(25,26)27;25-24(26,27)18-7-9-20(10-8-18)31-15-19(30)13-23-21(17-5-3-11-28-14-17)12-16-4-1-2-6-22(16)29-23;25-24(26,27)19-9-11-20(12-10-19)30-14-4-8-23-21(18-6-3-13-28-16-18)15-17-5-1-2-7-22(17)29-23;1-15-5-3-4-6-16(15)11-27(22(29)20-10-25-14-26(20)2)12-18(28)13-30-21-8-7-17(23)9-19(21)24/h2-13,20,30H,14-16H2,1H3;1-12,14H,13,15H2;1-3,5-7,9-13,15-16H,4,8,14H2;3-10,14,18,28H,11-13H2,1-2H3. The van der Waals surface area contributed by atoms with Crippen LogP contribution in [-0.4, -0.2) is 124 Å². The summed E-state index contributed by atoms with van der Waals surface area (Å²) in [6.07, 6.45) is -3.26. The first-order valence-electron chi connectivity index (χ1n) is 38.5. The maximum atomic E-state index is 13.7. The van der Waals surface area contributed by atoms with E-state index in [1.807, 2.05) is 154 Å². The fourth-order valence-electron chi connectivity index (χ4n) is 12.6. The molecule has 2 N–H and O–H groups in total. The molecule has 14 aromatic rings. The average molecular weight is 1690 g/mol. The zero-order chi connectivity index (χ0) is 87.6. The summed E-state index contributed by atoms with van der Waals surface area (Å²) in [6.45, 7) is 3.98. The Bertz CT molecular complexity index is 5800. The predicted molar refractivity (Wildman–Crippen MR) is 441 cm³/mol. The van der Waals surface area contributed by atoms with E-state index in [1.54, 1.807) is 54.5 Å². The van der Waals surface area contributed by atoms with Gasteiger partial charge < -0.3 is 43.5 Å². The molecular weight excluding hydrogens is 1610 g/mol. The van der Waals surface area contributed by atoms with Crippen LogP contribution in [0, 0.1) is 25.5 Å². The molecule has 14 rings (SSSR count). The molecule has 29 heteroatoms. The minimum atomic E-state index is -4.59. The van der Waals surface area contributed by atoms with Crippen molar-refractivity contribution in [2.75, 3.05) is 39.5 Å². The summed E-state index contributed by atoms with van der Waals surface area (Å²) in [5.74, 6) is -1.63. The Kier molecular flexibility index (Phi) is 31.0. The molecular formula is C94H82F11N9O9. The molecule has 2 amide bonds. The quantitative estimate of drug-likeness (QED) is 0.0344. The molecule has 0 aliphatic heterocycles. The maximum Gasteiger partial charge on any atom is 0.433 e. The molecule has 0 saturated carbocycles. The van der Waals surface area contributed by atoms with Gasteiger partial charge in [-0.3, -0.25) is 39.3 Å². The summed E-state index contributed by atoms with van der Waals surface area (Å²) >= 11 is 0. The number of nitrogens with zero attached hydrogens (tertiary/aromatic N) is 9. The average Bonchev–Trinajstić information content (AvgIpc) is 0.898. The number of hydrogen-bond donors (Lipinski definition) is 2. The highest BCUT2D eigenvalue weighted by molar-refractivity contribution is 5.94. The molecule has 18 nitrogen and oxygen atoms in total. The van der Waals surface area contributed by atoms with E-state index in [0.717, 1.165) is 127 Å². The Balaban J connectivity index is 0.000000160. The van der Waals surface area contributed by atoms with Crippen molar-refractivity contribution in [3.63, 3.8) is 0 Å². The van der Waals surface area contributed by atoms with Crippen molar-refractivity contribution in [1.29, 1.82) is 0 Å². The highest BCUT2D eigenvalue weighted by Crippen LogP contribution is 2.35. The van der Waals surface area contributed by atoms with Crippen LogP contribution in [-0.2, 0) is 56.3 Å². The van der Waals surface area contributed by atoms with Crippen LogP contribution in [0.1, 0.15) is 77.7 Å². The number of halogens is 11. The molecule has 0 radical (unpaired) electrons. The van der Waals surface area contributed by atoms with Gasteiger partial charge in [0.25, 0.3) is 11.8 Å². The van der Waals surface area contributed by atoms with Crippen LogP contribution < -0.4 is 18.9 Å². The number of aromatic nitrogens is 7. The van der Waals surface area contributed by atoms with Crippen molar-refractivity contribution in [3.8, 4) is 45.3 Å². The van der Waals surface area contributed by atoms with Crippen LogP contribution in [0.5, 0.6) is 23.0 Å². The summed E-state index contributed by atoms with van der Waals surface area (Å²) in [5, 5.41) is 22.9. The minimum absolute atomic E-state index is 0.00256. The lowest BCUT2D eigenvalue weighted by molar-refractivity contribution is -0.141. The largest absolute Gasteiger partial charge is 0.494 e. The molecule has 0 spiro atoms. The summed E-state index contributed by atoms with van der Waals surface area (Å²) in [6, 6.07) is 65.0. The number of pyridine rings is 5. The van der Waals surface area contributed by atoms with Gasteiger partial charge in [0.1, 0.15) is 66.5 Å². The molecule has 634 valence electrons. The Labute approximate surface area is 700 Å². The molecule has 0 saturated heterocycles. The second kappa shape index (κ2) is 42.4. The van der Waals surface area contributed by atoms with Gasteiger partial charge in [0.15, 0.2) is 17.3 Å². The van der Waals surface area contributed by atoms with Gasteiger partial charge in [-0.15, -0.1) is 0 Å². The highest BCUT2D eigenvalue weighted by Gasteiger charge is 2.34. The third-order valence-corrected chi connectivity index (χ3v) is 19.0. The van der Waals surface area contributed by atoms with E-state index in [9.17, 15) is 72.9 Å². The number of carbonyl (C=O) groups is 3. The number of fused-ring (bicyclic) bond motifs is 2. The van der Waals surface area contributed by atoms with Crippen LogP contribution >= 0.6 is 0 Å². The van der Waals surface area contributed by atoms with Crippen molar-refractivity contribution < 1.29 is 91.8 Å². The molecule has 8 aromatic carbocycles. The smallest absolute Gasteiger partial charge is 0.433 e. The van der Waals surface area contributed by atoms with E-state index in [4.69, 9.17) is 23.9 Å². The number of aliphatic hydroxyl groups is 2. The molecule has 0 aliphatic rings. The second-order valence-electron chi connectivity index (χ2n) is 28.2. The molecule has 0 aliphatic carbocycles. The maximum absolute atomic E-state index is 13.7. The van der Waals surface area contributed by atoms with Gasteiger partial charge >= 0.3 is 18.5 Å². The van der Waals surface area contributed by atoms with Gasteiger partial charge in [0, 0.05) is 95.9 Å². The fraction of sp³-hybridized carbons (Fsp3) is 0.202. The number of imidazole rings is 1. The number of benzene rings is 8. The summed E-state index contributed by atoms with van der Waals surface area (Å²) in [4.78, 5) is 66.8. The molecule has 0 fully saturated rings. The monoisotopic (exact) mass is 1690 g/mol. The van der Waals surface area contributed by atoms with E-state index in [2.05, 4.69) is 31.0 Å². The van der Waals surface area contributed by atoms with Crippen LogP contribution in [0.25, 0.3) is 44.1 Å². The number of para-hydroxylation sites is 3. The Hall–Kier alpha value is -13.8. The summed E-state index contributed by atoms with van der Waals surface area (Å²) in [5.41, 5.74) is 8.49. The number of aliphatic hydroxyl groups excluding tert-OH is 2. The van der Waals surface area contributed by atoms with Crippen LogP contribution in [0.4, 0.5) is 48.3 Å². The third kappa shape index (κ3) is 26.4. The number of amides is 2. The number of carbonyl (C=O) groups excluding carboxylic acids is 3. The minimum Gasteiger partial charge on any atom is -0.494 e. The van der Waals surface area contributed by atoms with Crippen LogP contribution in [0.15, 0.2) is 286 Å². The van der Waals surface area contributed by atoms with E-state index in [1.165, 1.54) is 46.6 Å². The topological polar surface area (TPSA) is 217 Å². The normalized spacial score (nSPS) is 11.8. The van der Waals surface area contributed by atoms with Gasteiger partial charge in [0.2, 0.25) is 0 Å². The van der Waals surface area contributed by atoms with E-state index >= 15 is 0 Å². The first-order chi connectivity index (χ1) is 59.0. The Morgan fingerprint density at radius 2 is 0.984 bits per heavy atom. The lowest BCUT2D eigenvalue weighted by atomic mass is 10.00. The number of alkyl halides is 9. The molecule has 6 aromatic heterocycles. The SMILES string of the molecule is Cc1ccccc1CN(CC(O)COc1ccc(F)cc1F)C(=O)c1cncn1C.Cc1ccccc1CN(CC(O)COc1ccccc1)C(=O)c1ccc(C(F)(F)F)nc1.FC(F)(F)c1ccc(OCCCc2nc3ccccc3cc2-c2cccnc2)cc1.O=C(COc1ccc(C(F)(F)F)cc1)Cc1nc2ccccc2cc1-c1cccnc1. The third-order valence-electron chi connectivity index (χ3n) is 19.0. The number of aryl methyl sites for hydroxylation is 4. The van der Waals surface area contributed by atoms with Crippen molar-refractivity contribution in [2.24, 2.45) is 7.05 Å². The summed E-state index contributed by atoms with van der Waals surface area (Å²) in [7, 11) is 1.71. The van der Waals surface area contributed by atoms with Gasteiger partial charge in [-0.05, 0) is 170 Å². The van der Waals surface area contributed by atoms with Crippen molar-refractivity contribution >= 4 is 39.4 Å². The lowest BCUT2D eigenvalue weighted by Gasteiger charge is -2.26. The second-order valence-corrected chi connectivity index (χ2v) is 28.2. The number of hydrogen-bond acceptors (Lipinski definition) is 15. The van der Waals surface area contributed by atoms with Gasteiger partial charge in [-0.1, -0.05) is 115 Å². The van der Waals surface area contributed by atoms with E-state index in [-0.39, 0.29) is 81.2 Å². The van der Waals surface area contributed by atoms with E-state index in [0.29, 0.717) is 48.4 Å². The molecule has 2 unspecified atom stereocenters. The van der Waals surface area contributed by atoms with E-state index < -0.39 is 65.1 Å². The number of ether oxygens (including phenoxy) is 4. The predicted octanol–water partition coefficient (Wildman–Crippen LogP) is 19.4. The number of ketones is 1. The molecule has 0 bridgehead atoms. The zero-order valence-electron chi connectivity index (χ0n) is 66.5. The summed E-state index contributed by atoms with van der Waals surface area (Å²) < 4.78 is 165. The number of rotatable bonds is 28. The fourth-order valence-corrected chi connectivity index (χ4v) is 12.6. The van der Waals surface area contributed by atoms with Crippen molar-refractivity contribution in [2.45, 2.75) is 76.9 Å². The van der Waals surface area contributed by atoms with Crippen molar-refractivity contribution in [1.82, 2.24) is 44.3 Å². The van der Waals surface area contributed by atoms with Gasteiger partial charge in [-0.2, -0.15) is 39.5 Å². The Morgan fingerprint density at radius 3 is 1.49 bits per heavy atom. The van der Waals surface area contributed by atoms with Crippen molar-refractivity contribution in [3.05, 3.63) is 360 Å². The number of Topliss-reactive ketones (excluding diaryl/α,β-unsaturated/α-hetero) is 1. The lowest BCUT2D eigenvalue weighted by Crippen LogP contribution is -2.40. The first-order valence-corrected chi connectivity index (χ1v) is 38.5. The first kappa shape index (κ1) is 90.0. The molecule has 2 atom stereocenters. The van der Waals surface area contributed by atoms with Crippen LogP contribution in [0.2, 0.25) is 0 Å². The molecule has 123 heavy (non-hydrogen) atoms. The highest BCUT2D eigenvalue weighted by atomic mass is 19.4. The molecule has 6 heterocycles. The van der Waals surface area contributed by atoms with Gasteiger partial charge in [-0.25, -0.2) is 13.8 Å². The van der Waals surface area contributed by atoms with Crippen LogP contribution in [0.3, 0.4) is 0 Å². The van der Waals surface area contributed by atoms with Gasteiger partial charge in [0.05, 0.1) is 72.1 Å². The zero-order valence-corrected chi connectivity index (χ0v) is 66.5.